The second kappa shape index (κ2) is 5.92. The monoisotopic (exact) mass is 350 g/mol. The van der Waals surface area contributed by atoms with E-state index in [-0.39, 0.29) is 17.9 Å². The Balaban J connectivity index is 1.71. The number of amides is 4. The first kappa shape index (κ1) is 16.5. The van der Waals surface area contributed by atoms with Gasteiger partial charge in [-0.15, -0.1) is 9.90 Å². The van der Waals surface area contributed by atoms with E-state index in [1.807, 2.05) is 0 Å². The molecule has 1 fully saturated rings. The smallest absolute Gasteiger partial charge is 0.322 e. The van der Waals surface area contributed by atoms with Crippen molar-refractivity contribution < 1.29 is 23.2 Å². The molecule has 0 radical (unpaired) electrons. The van der Waals surface area contributed by atoms with Crippen LogP contribution in [0.3, 0.4) is 0 Å². The van der Waals surface area contributed by atoms with E-state index < -0.39 is 35.0 Å². The molecule has 2 heterocycles. The van der Waals surface area contributed by atoms with Gasteiger partial charge in [-0.2, -0.15) is 5.10 Å². The molecule has 9 nitrogen and oxygen atoms in total. The zero-order valence-corrected chi connectivity index (χ0v) is 12.8. The molecule has 1 aromatic carbocycles. The Labute approximate surface area is 139 Å². The lowest BCUT2D eigenvalue weighted by Gasteiger charge is -2.20. The van der Waals surface area contributed by atoms with Crippen LogP contribution in [0.2, 0.25) is 0 Å². The first-order chi connectivity index (χ1) is 11.8. The number of nitrogens with zero attached hydrogens (tertiary/aromatic N) is 3. The molecule has 1 saturated heterocycles. The van der Waals surface area contributed by atoms with Crippen molar-refractivity contribution in [3.05, 3.63) is 41.7 Å². The lowest BCUT2D eigenvalue weighted by molar-refractivity contribution is -0.123. The summed E-state index contributed by atoms with van der Waals surface area (Å²) in [5.74, 6) is -2.89. The third-order valence-corrected chi connectivity index (χ3v) is 3.57. The number of carbonyl (C=O) groups is 3. The summed E-state index contributed by atoms with van der Waals surface area (Å²) >= 11 is 0. The molecule has 11 heteroatoms. The van der Waals surface area contributed by atoms with Gasteiger partial charge in [-0.3, -0.25) is 14.9 Å². The molecule has 25 heavy (non-hydrogen) atoms. The molecule has 0 bridgehead atoms. The summed E-state index contributed by atoms with van der Waals surface area (Å²) in [6.07, 6.45) is 1.09. The Hall–Kier alpha value is -3.37. The summed E-state index contributed by atoms with van der Waals surface area (Å²) in [4.78, 5) is 35.7. The van der Waals surface area contributed by atoms with E-state index in [1.165, 1.54) is 6.92 Å². The van der Waals surface area contributed by atoms with Crippen LogP contribution in [-0.2, 0) is 4.79 Å². The fraction of sp³-hybridized carbons (Fsp3) is 0.214. The Morgan fingerprint density at radius 3 is 2.76 bits per heavy atom. The van der Waals surface area contributed by atoms with Gasteiger partial charge >= 0.3 is 6.03 Å². The van der Waals surface area contributed by atoms with Gasteiger partial charge in [0, 0.05) is 12.6 Å². The van der Waals surface area contributed by atoms with Crippen LogP contribution in [0.25, 0.3) is 5.69 Å². The Kier molecular flexibility index (Phi) is 3.91. The summed E-state index contributed by atoms with van der Waals surface area (Å²) in [5, 5.41) is 14.5. The lowest BCUT2D eigenvalue weighted by atomic mass is 10.0. The average Bonchev–Trinajstić information content (AvgIpc) is 3.11. The number of nitrogens with one attached hydrogen (secondary N) is 3. The molecule has 3 rings (SSSR count). The van der Waals surface area contributed by atoms with Crippen molar-refractivity contribution in [1.29, 1.82) is 0 Å². The lowest BCUT2D eigenvalue weighted by Crippen LogP contribution is -2.52. The first-order valence-electron chi connectivity index (χ1n) is 7.08. The SMILES string of the molecule is CC1(CNC(=O)c2cnn(-c3ccc(F)cc3F)n2)NC(=O)NC1=O. The highest BCUT2D eigenvalue weighted by Crippen LogP contribution is 2.13. The molecule has 3 N–H and O–H groups in total. The quantitative estimate of drug-likeness (QED) is 0.664. The van der Waals surface area contributed by atoms with E-state index >= 15 is 0 Å². The summed E-state index contributed by atoms with van der Waals surface area (Å²) in [6, 6.07) is 2.18. The van der Waals surface area contributed by atoms with E-state index in [0.717, 1.165) is 23.1 Å². The predicted octanol–water partition coefficient (Wildman–Crippen LogP) is -0.127. The maximum Gasteiger partial charge on any atom is 0.322 e. The summed E-state index contributed by atoms with van der Waals surface area (Å²) in [5.41, 5.74) is -1.56. The van der Waals surface area contributed by atoms with Crippen LogP contribution in [0, 0.1) is 11.6 Å². The second-order valence-electron chi connectivity index (χ2n) is 5.54. The fourth-order valence-electron chi connectivity index (χ4n) is 2.18. The number of rotatable bonds is 4. The van der Waals surface area contributed by atoms with Crippen molar-refractivity contribution in [2.24, 2.45) is 0 Å². The van der Waals surface area contributed by atoms with Crippen molar-refractivity contribution >= 4 is 17.8 Å². The van der Waals surface area contributed by atoms with Crippen LogP contribution in [-0.4, -0.2) is 44.9 Å². The minimum atomic E-state index is -1.29. The predicted molar refractivity (Wildman–Crippen MR) is 78.7 cm³/mol. The van der Waals surface area contributed by atoms with Gasteiger partial charge in [0.05, 0.1) is 6.20 Å². The second-order valence-corrected chi connectivity index (χ2v) is 5.54. The zero-order valence-electron chi connectivity index (χ0n) is 12.8. The molecular weight excluding hydrogens is 338 g/mol. The zero-order chi connectivity index (χ0) is 18.2. The number of benzene rings is 1. The topological polar surface area (TPSA) is 118 Å². The molecule has 130 valence electrons. The molecule has 4 amide bonds. The van der Waals surface area contributed by atoms with Gasteiger partial charge in [-0.05, 0) is 19.1 Å². The number of urea groups is 1. The molecule has 1 aliphatic heterocycles. The average molecular weight is 350 g/mol. The Morgan fingerprint density at radius 1 is 1.36 bits per heavy atom. The highest BCUT2D eigenvalue weighted by molar-refractivity contribution is 6.07. The number of aromatic nitrogens is 3. The van der Waals surface area contributed by atoms with Crippen molar-refractivity contribution in [2.75, 3.05) is 6.54 Å². The largest absolute Gasteiger partial charge is 0.348 e. The van der Waals surface area contributed by atoms with Crippen molar-refractivity contribution in [3.8, 4) is 5.69 Å². The van der Waals surface area contributed by atoms with Crippen LogP contribution in [0.4, 0.5) is 13.6 Å². The standard InChI is InChI=1S/C14H12F2N6O3/c1-14(12(24)19-13(25)20-14)6-17-11(23)9-5-18-22(21-9)10-3-2-7(15)4-8(10)16/h2-5H,6H2,1H3,(H,17,23)(H2,19,20,24,25). The highest BCUT2D eigenvalue weighted by Gasteiger charge is 2.42. The number of imide groups is 1. The number of carbonyl (C=O) groups excluding carboxylic acids is 3. The minimum absolute atomic E-state index is 0.130. The van der Waals surface area contributed by atoms with E-state index in [4.69, 9.17) is 0 Å². The van der Waals surface area contributed by atoms with E-state index in [9.17, 15) is 23.2 Å². The molecule has 0 saturated carbocycles. The fourth-order valence-corrected chi connectivity index (χ4v) is 2.18. The Morgan fingerprint density at radius 2 is 2.12 bits per heavy atom. The number of hydrogen-bond donors (Lipinski definition) is 3. The summed E-state index contributed by atoms with van der Waals surface area (Å²) in [7, 11) is 0. The summed E-state index contributed by atoms with van der Waals surface area (Å²) in [6.45, 7) is 1.26. The highest BCUT2D eigenvalue weighted by atomic mass is 19.1. The van der Waals surface area contributed by atoms with Crippen molar-refractivity contribution in [3.63, 3.8) is 0 Å². The third kappa shape index (κ3) is 3.16. The van der Waals surface area contributed by atoms with Gasteiger partial charge in [-0.1, -0.05) is 0 Å². The first-order valence-corrected chi connectivity index (χ1v) is 7.08. The van der Waals surface area contributed by atoms with Crippen LogP contribution < -0.4 is 16.0 Å². The van der Waals surface area contributed by atoms with Gasteiger partial charge in [0.2, 0.25) is 0 Å². The van der Waals surface area contributed by atoms with Gasteiger partial charge < -0.3 is 10.6 Å². The number of halogens is 2. The van der Waals surface area contributed by atoms with Crippen LogP contribution in [0.15, 0.2) is 24.4 Å². The van der Waals surface area contributed by atoms with Crippen molar-refractivity contribution in [2.45, 2.75) is 12.5 Å². The van der Waals surface area contributed by atoms with Crippen LogP contribution in [0.5, 0.6) is 0 Å². The van der Waals surface area contributed by atoms with Crippen LogP contribution >= 0.6 is 0 Å². The third-order valence-electron chi connectivity index (χ3n) is 3.57. The van der Waals surface area contributed by atoms with E-state index in [0.29, 0.717) is 6.07 Å². The number of hydrogen-bond acceptors (Lipinski definition) is 5. The molecule has 1 aliphatic rings. The maximum absolute atomic E-state index is 13.7. The summed E-state index contributed by atoms with van der Waals surface area (Å²) < 4.78 is 26.6. The van der Waals surface area contributed by atoms with E-state index in [2.05, 4.69) is 26.1 Å². The molecule has 0 aliphatic carbocycles. The normalized spacial score (nSPS) is 19.5. The Bertz CT molecular complexity index is 883. The van der Waals surface area contributed by atoms with E-state index in [1.54, 1.807) is 0 Å². The molecule has 0 spiro atoms. The molecule has 1 atom stereocenters. The van der Waals surface area contributed by atoms with Gasteiger partial charge in [0.15, 0.2) is 11.5 Å². The van der Waals surface area contributed by atoms with Crippen molar-refractivity contribution in [1.82, 2.24) is 30.9 Å². The minimum Gasteiger partial charge on any atom is -0.348 e. The molecular formula is C14H12F2N6O3. The van der Waals surface area contributed by atoms with Crippen LogP contribution in [0.1, 0.15) is 17.4 Å². The molecule has 1 unspecified atom stereocenters. The van der Waals surface area contributed by atoms with Gasteiger partial charge in [-0.25, -0.2) is 13.6 Å². The molecule has 1 aromatic heterocycles. The van der Waals surface area contributed by atoms with Gasteiger partial charge in [0.1, 0.15) is 17.0 Å². The van der Waals surface area contributed by atoms with Gasteiger partial charge in [0.25, 0.3) is 11.8 Å². The maximum atomic E-state index is 13.7. The molecule has 2 aromatic rings.